The fraction of sp³-hybridized carbons (Fsp3) is 0.333. The summed E-state index contributed by atoms with van der Waals surface area (Å²) in [5, 5.41) is 4.08. The van der Waals surface area contributed by atoms with E-state index in [-0.39, 0.29) is 0 Å². The van der Waals surface area contributed by atoms with Gasteiger partial charge < -0.3 is 9.64 Å². The molecule has 1 rings (SSSR count). The molecule has 15 heavy (non-hydrogen) atoms. The van der Waals surface area contributed by atoms with Crippen molar-refractivity contribution in [2.24, 2.45) is 5.10 Å². The van der Waals surface area contributed by atoms with E-state index in [0.717, 1.165) is 4.47 Å². The minimum absolute atomic E-state index is 0.377. The largest absolute Gasteiger partial charge is 0.464 e. The normalized spacial score (nSPS) is 10.7. The van der Waals surface area contributed by atoms with E-state index in [9.17, 15) is 4.79 Å². The van der Waals surface area contributed by atoms with Crippen molar-refractivity contribution in [2.45, 2.75) is 0 Å². The van der Waals surface area contributed by atoms with E-state index >= 15 is 0 Å². The monoisotopic (exact) mass is 273 g/mol. The maximum atomic E-state index is 11.3. The van der Waals surface area contributed by atoms with Crippen LogP contribution in [0, 0.1) is 0 Å². The van der Waals surface area contributed by atoms with Crippen molar-refractivity contribution in [3.05, 3.63) is 22.4 Å². The highest BCUT2D eigenvalue weighted by molar-refractivity contribution is 9.10. The molecule has 0 aliphatic rings. The summed E-state index contributed by atoms with van der Waals surface area (Å²) in [7, 11) is 5.03. The van der Waals surface area contributed by atoms with Crippen LogP contribution >= 0.6 is 15.9 Å². The third-order valence-electron chi connectivity index (χ3n) is 1.57. The number of nitrogens with zero attached hydrogens (tertiary/aromatic N) is 3. The molecule has 0 radical (unpaired) electrons. The maximum absolute atomic E-state index is 11.3. The van der Waals surface area contributed by atoms with Crippen molar-refractivity contribution in [2.75, 3.05) is 21.2 Å². The second-order valence-corrected chi connectivity index (χ2v) is 3.99. The average molecular weight is 274 g/mol. The number of carbonyl (C=O) groups excluding carboxylic acids is 1. The molecule has 0 spiro atoms. The molecule has 0 bridgehead atoms. The second-order valence-electron chi connectivity index (χ2n) is 3.07. The van der Waals surface area contributed by atoms with Gasteiger partial charge in [-0.2, -0.15) is 5.10 Å². The lowest BCUT2D eigenvalue weighted by molar-refractivity contribution is 0.0589. The van der Waals surface area contributed by atoms with E-state index in [2.05, 4.69) is 25.8 Å². The number of hydrogen-bond acceptors (Lipinski definition) is 3. The van der Waals surface area contributed by atoms with Crippen LogP contribution in [-0.4, -0.2) is 43.1 Å². The topological polar surface area (TPSA) is 46.8 Å². The zero-order valence-corrected chi connectivity index (χ0v) is 10.4. The minimum atomic E-state index is -0.420. The van der Waals surface area contributed by atoms with Crippen LogP contribution in [0.2, 0.25) is 0 Å². The van der Waals surface area contributed by atoms with Gasteiger partial charge in [-0.05, 0) is 22.0 Å². The molecule has 0 saturated carbocycles. The lowest BCUT2D eigenvalue weighted by atomic mass is 10.4. The summed E-state index contributed by atoms with van der Waals surface area (Å²) in [4.78, 5) is 13.1. The van der Waals surface area contributed by atoms with E-state index in [0.29, 0.717) is 5.69 Å². The molecular weight excluding hydrogens is 262 g/mol. The Bertz CT molecular complexity index is 385. The molecule has 0 unspecified atom stereocenters. The quantitative estimate of drug-likeness (QED) is 0.475. The van der Waals surface area contributed by atoms with E-state index < -0.39 is 5.97 Å². The average Bonchev–Trinajstić information content (AvgIpc) is 2.55. The van der Waals surface area contributed by atoms with Crippen molar-refractivity contribution in [1.82, 2.24) is 9.58 Å². The van der Waals surface area contributed by atoms with Crippen LogP contribution in [0.1, 0.15) is 10.5 Å². The number of carbonyl (C=O) groups is 1. The molecule has 1 aromatic heterocycles. The molecule has 0 N–H and O–H groups in total. The first-order valence-electron chi connectivity index (χ1n) is 4.21. The summed E-state index contributed by atoms with van der Waals surface area (Å²) in [5.41, 5.74) is 0.377. The Morgan fingerprint density at radius 1 is 1.67 bits per heavy atom. The summed E-state index contributed by atoms with van der Waals surface area (Å²) >= 11 is 3.27. The SMILES string of the molecule is COC(=O)c1cc(Br)cn1/N=C/N(C)C. The van der Waals surface area contributed by atoms with Gasteiger partial charge in [-0.1, -0.05) is 0 Å². The van der Waals surface area contributed by atoms with Crippen molar-refractivity contribution < 1.29 is 9.53 Å². The molecule has 5 nitrogen and oxygen atoms in total. The Morgan fingerprint density at radius 3 is 2.87 bits per heavy atom. The third-order valence-corrected chi connectivity index (χ3v) is 2.00. The predicted molar refractivity (Wildman–Crippen MR) is 61.0 cm³/mol. The van der Waals surface area contributed by atoms with Gasteiger partial charge in [0, 0.05) is 24.8 Å². The molecule has 0 saturated heterocycles. The van der Waals surface area contributed by atoms with Crippen molar-refractivity contribution in [3.8, 4) is 0 Å². The van der Waals surface area contributed by atoms with Gasteiger partial charge in [0.15, 0.2) is 5.69 Å². The lowest BCUT2D eigenvalue weighted by Crippen LogP contribution is -2.11. The number of hydrogen-bond donors (Lipinski definition) is 0. The zero-order valence-electron chi connectivity index (χ0n) is 8.77. The Labute approximate surface area is 96.4 Å². The van der Waals surface area contributed by atoms with Crippen LogP contribution in [0.5, 0.6) is 0 Å². The Balaban J connectivity index is 3.01. The fourth-order valence-corrected chi connectivity index (χ4v) is 1.34. The van der Waals surface area contributed by atoms with Crippen LogP contribution in [0.3, 0.4) is 0 Å². The first-order valence-corrected chi connectivity index (χ1v) is 5.01. The molecule has 0 fully saturated rings. The van der Waals surface area contributed by atoms with Crippen LogP contribution in [-0.2, 0) is 4.74 Å². The Kier molecular flexibility index (Phi) is 3.90. The highest BCUT2D eigenvalue weighted by Gasteiger charge is 2.12. The zero-order chi connectivity index (χ0) is 11.4. The molecule has 82 valence electrons. The highest BCUT2D eigenvalue weighted by Crippen LogP contribution is 2.15. The van der Waals surface area contributed by atoms with Gasteiger partial charge in [-0.3, -0.25) is 0 Å². The summed E-state index contributed by atoms with van der Waals surface area (Å²) in [6.07, 6.45) is 3.28. The standard InChI is InChI=1S/C9H12BrN3O2/c1-12(2)6-11-13-5-7(10)4-8(13)9(14)15-3/h4-6H,1-3H3/b11-6+. The molecule has 1 heterocycles. The molecule has 6 heteroatoms. The number of rotatable bonds is 3. The van der Waals surface area contributed by atoms with Crippen molar-refractivity contribution in [1.29, 1.82) is 0 Å². The van der Waals surface area contributed by atoms with Crippen LogP contribution in [0.15, 0.2) is 21.8 Å². The van der Waals surface area contributed by atoms with Gasteiger partial charge in [0.05, 0.1) is 7.11 Å². The number of halogens is 1. The molecule has 0 aliphatic carbocycles. The molecular formula is C9H12BrN3O2. The molecule has 0 aliphatic heterocycles. The number of methoxy groups -OCH3 is 1. The fourth-order valence-electron chi connectivity index (χ4n) is 0.932. The molecule has 0 aromatic carbocycles. The number of aromatic nitrogens is 1. The third kappa shape index (κ3) is 3.09. The smallest absolute Gasteiger partial charge is 0.356 e. The van der Waals surface area contributed by atoms with Crippen LogP contribution in [0.4, 0.5) is 0 Å². The number of esters is 1. The maximum Gasteiger partial charge on any atom is 0.356 e. The molecule has 0 amide bonds. The van der Waals surface area contributed by atoms with Gasteiger partial charge in [0.2, 0.25) is 0 Å². The van der Waals surface area contributed by atoms with E-state index in [4.69, 9.17) is 0 Å². The van der Waals surface area contributed by atoms with Gasteiger partial charge >= 0.3 is 5.97 Å². The summed E-state index contributed by atoms with van der Waals surface area (Å²) < 4.78 is 6.86. The minimum Gasteiger partial charge on any atom is -0.464 e. The summed E-state index contributed by atoms with van der Waals surface area (Å²) in [6, 6.07) is 1.65. The lowest BCUT2D eigenvalue weighted by Gasteiger charge is -2.04. The van der Waals surface area contributed by atoms with E-state index in [1.54, 1.807) is 23.5 Å². The predicted octanol–water partition coefficient (Wildman–Crippen LogP) is 1.39. The second kappa shape index (κ2) is 4.97. The van der Waals surface area contributed by atoms with Crippen LogP contribution in [0.25, 0.3) is 0 Å². The van der Waals surface area contributed by atoms with Crippen molar-refractivity contribution >= 4 is 28.2 Å². The van der Waals surface area contributed by atoms with Gasteiger partial charge in [-0.15, -0.1) is 0 Å². The van der Waals surface area contributed by atoms with Gasteiger partial charge in [0.1, 0.15) is 6.34 Å². The number of ether oxygens (including phenoxy) is 1. The van der Waals surface area contributed by atoms with Gasteiger partial charge in [-0.25, -0.2) is 9.47 Å². The van der Waals surface area contributed by atoms with Crippen LogP contribution < -0.4 is 0 Å². The van der Waals surface area contributed by atoms with Gasteiger partial charge in [0.25, 0.3) is 0 Å². The first-order chi connectivity index (χ1) is 7.04. The summed E-state index contributed by atoms with van der Waals surface area (Å²) in [5.74, 6) is -0.420. The Hall–Kier alpha value is -1.30. The van der Waals surface area contributed by atoms with E-state index in [1.807, 2.05) is 14.1 Å². The molecule has 0 atom stereocenters. The Morgan fingerprint density at radius 2 is 2.33 bits per heavy atom. The van der Waals surface area contributed by atoms with E-state index in [1.165, 1.54) is 11.8 Å². The first kappa shape index (κ1) is 11.8. The summed E-state index contributed by atoms with van der Waals surface area (Å²) in [6.45, 7) is 0. The highest BCUT2D eigenvalue weighted by atomic mass is 79.9. The van der Waals surface area contributed by atoms with Crippen molar-refractivity contribution in [3.63, 3.8) is 0 Å². The molecule has 1 aromatic rings.